The van der Waals surface area contributed by atoms with Crippen LogP contribution in [0.1, 0.15) is 0 Å². The van der Waals surface area contributed by atoms with Gasteiger partial charge in [0.1, 0.15) is 10.4 Å². The Labute approximate surface area is 212 Å². The highest BCUT2D eigenvalue weighted by Crippen LogP contribution is 2.30. The van der Waals surface area contributed by atoms with Gasteiger partial charge in [-0.2, -0.15) is 4.98 Å². The molecule has 0 bridgehead atoms. The van der Waals surface area contributed by atoms with E-state index in [1.165, 1.54) is 6.08 Å². The van der Waals surface area contributed by atoms with E-state index in [2.05, 4.69) is 25.6 Å². The highest BCUT2D eigenvalue weighted by Gasteiger charge is 2.11. The first-order valence-corrected chi connectivity index (χ1v) is 12.0. The zero-order valence-corrected chi connectivity index (χ0v) is 20.8. The number of thiophene rings is 1. The predicted octanol–water partition coefficient (Wildman–Crippen LogP) is 5.85. The summed E-state index contributed by atoms with van der Waals surface area (Å²) in [7, 11) is 3.88. The first-order chi connectivity index (χ1) is 16.9. The lowest BCUT2D eigenvalue weighted by molar-refractivity contribution is -0.111. The molecule has 0 radical (unpaired) electrons. The van der Waals surface area contributed by atoms with Gasteiger partial charge in [-0.3, -0.25) is 4.79 Å². The molecule has 3 N–H and O–H groups in total. The van der Waals surface area contributed by atoms with Gasteiger partial charge in [0.15, 0.2) is 0 Å². The van der Waals surface area contributed by atoms with Crippen LogP contribution in [0.3, 0.4) is 0 Å². The number of likely N-dealkylation sites (N-methyl/N-ethyl adjacent to an activating group) is 1. The molecule has 0 saturated heterocycles. The number of carbonyl (C=O) groups is 1. The molecule has 0 atom stereocenters. The van der Waals surface area contributed by atoms with E-state index in [1.54, 1.807) is 60.0 Å². The molecule has 8 nitrogen and oxygen atoms in total. The first kappa shape index (κ1) is 24.3. The number of aromatic nitrogens is 3. The molecular formula is C25H24N6O2S2. The number of hydrogen-bond acceptors (Lipinski definition) is 8. The Bertz CT molecular complexity index is 1380. The molecule has 178 valence electrons. The van der Waals surface area contributed by atoms with Crippen molar-refractivity contribution in [1.82, 2.24) is 19.9 Å². The molecule has 10 heteroatoms. The summed E-state index contributed by atoms with van der Waals surface area (Å²) in [4.78, 5) is 27.2. The molecule has 1 amide bonds. The average molecular weight is 505 g/mol. The number of rotatable bonds is 9. The zero-order chi connectivity index (χ0) is 24.6. The molecule has 4 aromatic rings. The number of hydrogen-bond donors (Lipinski definition) is 3. The van der Waals surface area contributed by atoms with Gasteiger partial charge in [0, 0.05) is 42.3 Å². The van der Waals surface area contributed by atoms with Crippen LogP contribution < -0.4 is 15.4 Å². The molecule has 0 spiro atoms. The van der Waals surface area contributed by atoms with Crippen LogP contribution >= 0.6 is 23.6 Å². The van der Waals surface area contributed by atoms with Gasteiger partial charge in [-0.1, -0.05) is 30.4 Å². The summed E-state index contributed by atoms with van der Waals surface area (Å²) in [6.07, 6.45) is 5.07. The lowest BCUT2D eigenvalue weighted by atomic mass is 10.3. The van der Waals surface area contributed by atoms with Crippen LogP contribution in [-0.4, -0.2) is 46.4 Å². The van der Waals surface area contributed by atoms with Crippen molar-refractivity contribution in [2.45, 2.75) is 0 Å². The minimum atomic E-state index is -0.210. The second-order valence-corrected chi connectivity index (χ2v) is 9.13. The number of ether oxygens (including phenoxy) is 1. The van der Waals surface area contributed by atoms with E-state index >= 15 is 0 Å². The largest absolute Gasteiger partial charge is 0.439 e. The predicted molar refractivity (Wildman–Crippen MR) is 143 cm³/mol. The van der Waals surface area contributed by atoms with E-state index in [4.69, 9.17) is 17.0 Å². The highest BCUT2D eigenvalue weighted by atomic mass is 32.1. The quantitative estimate of drug-likeness (QED) is 0.194. The van der Waals surface area contributed by atoms with Crippen LogP contribution in [-0.2, 0) is 4.79 Å². The fourth-order valence-electron chi connectivity index (χ4n) is 3.05. The molecule has 1 aromatic carbocycles. The van der Waals surface area contributed by atoms with E-state index in [-0.39, 0.29) is 5.91 Å². The molecule has 3 aromatic heterocycles. The standard InChI is InChI=1S/C25H24N6O2S2/c1-31(2)12-4-9-22(32)27-17-6-3-7-19(14-17)33-23-16-20(21-8-5-13-35-21)29-25(30-23)28-18-10-11-26-24(34)15-18/h3-11,13-16H,12H2,1-2H3,(H,27,32)(H2,26,28,29,30,34)/b9-4+. The van der Waals surface area contributed by atoms with Crippen LogP contribution in [0.25, 0.3) is 10.6 Å². The van der Waals surface area contributed by atoms with E-state index in [9.17, 15) is 4.79 Å². The van der Waals surface area contributed by atoms with E-state index in [0.29, 0.717) is 34.5 Å². The van der Waals surface area contributed by atoms with Crippen LogP contribution in [0.5, 0.6) is 11.6 Å². The van der Waals surface area contributed by atoms with Crippen molar-refractivity contribution in [2.75, 3.05) is 31.3 Å². The second-order valence-electron chi connectivity index (χ2n) is 7.74. The Morgan fingerprint density at radius 1 is 1.14 bits per heavy atom. The van der Waals surface area contributed by atoms with E-state index in [0.717, 1.165) is 16.3 Å². The fraction of sp³-hybridized carbons (Fsp3) is 0.120. The van der Waals surface area contributed by atoms with Crippen molar-refractivity contribution in [2.24, 2.45) is 0 Å². The minimum Gasteiger partial charge on any atom is -0.439 e. The lowest BCUT2D eigenvalue weighted by Gasteiger charge is -2.11. The summed E-state index contributed by atoms with van der Waals surface area (Å²) < 4.78 is 6.66. The maximum atomic E-state index is 12.2. The number of amides is 1. The van der Waals surface area contributed by atoms with Crippen molar-refractivity contribution in [3.05, 3.63) is 83.0 Å². The number of H-pyrrole nitrogens is 1. The Morgan fingerprint density at radius 2 is 2.03 bits per heavy atom. The number of pyridine rings is 1. The third kappa shape index (κ3) is 7.31. The molecule has 0 fully saturated rings. The van der Waals surface area contributed by atoms with Crippen molar-refractivity contribution in [3.63, 3.8) is 0 Å². The summed E-state index contributed by atoms with van der Waals surface area (Å²) in [6.45, 7) is 0.683. The first-order valence-electron chi connectivity index (χ1n) is 10.7. The third-order valence-corrected chi connectivity index (χ3v) is 5.70. The molecule has 0 unspecified atom stereocenters. The van der Waals surface area contributed by atoms with Crippen LogP contribution in [0.15, 0.2) is 78.3 Å². The van der Waals surface area contributed by atoms with Gasteiger partial charge in [-0.15, -0.1) is 11.3 Å². The van der Waals surface area contributed by atoms with Gasteiger partial charge in [0.25, 0.3) is 0 Å². The number of nitrogens with zero attached hydrogens (tertiary/aromatic N) is 3. The van der Waals surface area contributed by atoms with E-state index < -0.39 is 0 Å². The maximum absolute atomic E-state index is 12.2. The smallest absolute Gasteiger partial charge is 0.248 e. The molecule has 0 aliphatic heterocycles. The molecule has 3 heterocycles. The Kier molecular flexibility index (Phi) is 7.99. The Morgan fingerprint density at radius 3 is 2.80 bits per heavy atom. The summed E-state index contributed by atoms with van der Waals surface area (Å²) >= 11 is 6.77. The van der Waals surface area contributed by atoms with Gasteiger partial charge in [-0.05, 0) is 49.8 Å². The molecule has 0 aliphatic carbocycles. The number of nitrogens with one attached hydrogen (secondary N) is 3. The topological polar surface area (TPSA) is 95.2 Å². The van der Waals surface area contributed by atoms with Gasteiger partial charge in [0.2, 0.25) is 17.7 Å². The molecule has 0 aliphatic rings. The SMILES string of the molecule is CN(C)C/C=C/C(=O)Nc1cccc(Oc2cc(-c3cccs3)nc(Nc3cc[nH]c(=S)c3)n2)c1. The van der Waals surface area contributed by atoms with Crippen molar-refractivity contribution in [3.8, 4) is 22.2 Å². The average Bonchev–Trinajstić information content (AvgIpc) is 3.34. The molecule has 35 heavy (non-hydrogen) atoms. The summed E-state index contributed by atoms with van der Waals surface area (Å²) in [6, 6.07) is 16.5. The number of carbonyl (C=O) groups excluding carboxylic acids is 1. The van der Waals surface area contributed by atoms with Crippen molar-refractivity contribution in [1.29, 1.82) is 0 Å². The molecule has 4 rings (SSSR count). The lowest BCUT2D eigenvalue weighted by Crippen LogP contribution is -2.12. The third-order valence-electron chi connectivity index (χ3n) is 4.57. The van der Waals surface area contributed by atoms with Crippen molar-refractivity contribution < 1.29 is 9.53 Å². The zero-order valence-electron chi connectivity index (χ0n) is 19.2. The van der Waals surface area contributed by atoms with Gasteiger partial charge >= 0.3 is 0 Å². The van der Waals surface area contributed by atoms with Gasteiger partial charge in [-0.25, -0.2) is 4.98 Å². The normalized spacial score (nSPS) is 11.1. The fourth-order valence-corrected chi connectivity index (χ4v) is 3.93. The number of aromatic amines is 1. The van der Waals surface area contributed by atoms with Crippen LogP contribution in [0, 0.1) is 4.64 Å². The summed E-state index contributed by atoms with van der Waals surface area (Å²) in [5, 5.41) is 8.02. The van der Waals surface area contributed by atoms with Crippen molar-refractivity contribution >= 4 is 46.8 Å². The van der Waals surface area contributed by atoms with Crippen LogP contribution in [0.2, 0.25) is 0 Å². The Balaban J connectivity index is 1.56. The molecule has 0 saturated carbocycles. The second kappa shape index (κ2) is 11.5. The Hall–Kier alpha value is -3.86. The summed E-state index contributed by atoms with van der Waals surface area (Å²) in [5.74, 6) is 1.06. The highest BCUT2D eigenvalue weighted by molar-refractivity contribution is 7.71. The monoisotopic (exact) mass is 504 g/mol. The molecular weight excluding hydrogens is 480 g/mol. The van der Waals surface area contributed by atoms with Gasteiger partial charge < -0.3 is 25.3 Å². The summed E-state index contributed by atoms with van der Waals surface area (Å²) in [5.41, 5.74) is 2.10. The number of anilines is 3. The number of benzene rings is 1. The minimum absolute atomic E-state index is 0.210. The maximum Gasteiger partial charge on any atom is 0.248 e. The van der Waals surface area contributed by atoms with Gasteiger partial charge in [0.05, 0.1) is 10.6 Å². The van der Waals surface area contributed by atoms with Crippen LogP contribution in [0.4, 0.5) is 17.3 Å². The van der Waals surface area contributed by atoms with E-state index in [1.807, 2.05) is 42.6 Å².